The van der Waals surface area contributed by atoms with E-state index in [1.165, 1.54) is 24.3 Å². The molecular weight excluding hydrogens is 261 g/mol. The summed E-state index contributed by atoms with van der Waals surface area (Å²) in [6.45, 7) is 1.22. The van der Waals surface area contributed by atoms with Gasteiger partial charge < -0.3 is 4.90 Å². The molecule has 0 aliphatic carbocycles. The van der Waals surface area contributed by atoms with Gasteiger partial charge >= 0.3 is 6.09 Å². The second-order valence-electron chi connectivity index (χ2n) is 4.73. The average molecular weight is 277 g/mol. The van der Waals surface area contributed by atoms with Crippen molar-refractivity contribution in [2.45, 2.75) is 19.3 Å². The van der Waals surface area contributed by atoms with Crippen LogP contribution in [-0.2, 0) is 4.89 Å². The van der Waals surface area contributed by atoms with Crippen molar-refractivity contribution in [3.8, 4) is 18.1 Å². The summed E-state index contributed by atoms with van der Waals surface area (Å²) in [6, 6.07) is 5.24. The van der Waals surface area contributed by atoms with Crippen molar-refractivity contribution in [1.82, 2.24) is 4.90 Å². The lowest BCUT2D eigenvalue weighted by Crippen LogP contribution is -2.39. The summed E-state index contributed by atoms with van der Waals surface area (Å²) in [6.07, 6.45) is 7.23. The fourth-order valence-electron chi connectivity index (χ4n) is 2.11. The van der Waals surface area contributed by atoms with E-state index in [-0.39, 0.29) is 11.6 Å². The Kier molecular flexibility index (Phi) is 4.83. The number of hydrogen-bond acceptors (Lipinski definition) is 3. The second kappa shape index (κ2) is 6.80. The fourth-order valence-corrected chi connectivity index (χ4v) is 2.11. The number of hydrogen-bond donors (Lipinski definition) is 0. The smallest absolute Gasteiger partial charge is 0.305 e. The molecule has 0 N–H and O–H groups in total. The third-order valence-electron chi connectivity index (χ3n) is 3.30. The molecule has 1 fully saturated rings. The number of rotatable bonds is 3. The zero-order valence-electron chi connectivity index (χ0n) is 11.0. The number of carbonyl (C=O) groups is 1. The Labute approximate surface area is 117 Å². The molecule has 1 saturated heterocycles. The van der Waals surface area contributed by atoms with Crippen molar-refractivity contribution in [1.29, 1.82) is 0 Å². The monoisotopic (exact) mass is 277 g/mol. The SMILES string of the molecule is C#CCC1CCN(C(=O)OOc2ccc(F)cc2)CC1. The molecule has 0 saturated carbocycles. The first kappa shape index (κ1) is 14.2. The molecule has 0 spiro atoms. The molecule has 2 rings (SSSR count). The van der Waals surface area contributed by atoms with Gasteiger partial charge in [0.25, 0.3) is 0 Å². The zero-order chi connectivity index (χ0) is 14.4. The summed E-state index contributed by atoms with van der Waals surface area (Å²) in [4.78, 5) is 22.9. The molecule has 1 amide bonds. The molecular formula is C15H16FNO3. The molecule has 0 atom stereocenters. The van der Waals surface area contributed by atoms with E-state index < -0.39 is 6.09 Å². The lowest BCUT2D eigenvalue weighted by molar-refractivity contribution is -0.155. The van der Waals surface area contributed by atoms with Crippen molar-refractivity contribution in [2.24, 2.45) is 5.92 Å². The highest BCUT2D eigenvalue weighted by atomic mass is 19.1. The van der Waals surface area contributed by atoms with E-state index in [9.17, 15) is 9.18 Å². The van der Waals surface area contributed by atoms with Crippen LogP contribution in [-0.4, -0.2) is 24.1 Å². The number of nitrogens with zero attached hydrogens (tertiary/aromatic N) is 1. The lowest BCUT2D eigenvalue weighted by Gasteiger charge is -2.29. The molecule has 1 heterocycles. The van der Waals surface area contributed by atoms with Crippen LogP contribution in [0.1, 0.15) is 19.3 Å². The Hall–Kier alpha value is -2.22. The average Bonchev–Trinajstić information content (AvgIpc) is 2.47. The van der Waals surface area contributed by atoms with Crippen LogP contribution in [0.2, 0.25) is 0 Å². The molecule has 1 aromatic rings. The summed E-state index contributed by atoms with van der Waals surface area (Å²) in [5.41, 5.74) is 0. The molecule has 5 heteroatoms. The van der Waals surface area contributed by atoms with E-state index >= 15 is 0 Å². The van der Waals surface area contributed by atoms with Gasteiger partial charge in [-0.2, -0.15) is 0 Å². The first-order valence-electron chi connectivity index (χ1n) is 6.51. The molecule has 0 aromatic heterocycles. The van der Waals surface area contributed by atoms with Crippen LogP contribution in [0, 0.1) is 24.1 Å². The first-order valence-corrected chi connectivity index (χ1v) is 6.51. The van der Waals surface area contributed by atoms with E-state index in [1.807, 2.05) is 0 Å². The zero-order valence-corrected chi connectivity index (χ0v) is 11.0. The van der Waals surface area contributed by atoms with Crippen molar-refractivity contribution in [2.75, 3.05) is 13.1 Å². The van der Waals surface area contributed by atoms with Gasteiger partial charge in [0, 0.05) is 19.5 Å². The quantitative estimate of drug-likeness (QED) is 0.484. The number of halogens is 1. The van der Waals surface area contributed by atoms with Gasteiger partial charge in [0.1, 0.15) is 5.82 Å². The molecule has 0 unspecified atom stereocenters. The predicted octanol–water partition coefficient (Wildman–Crippen LogP) is 2.99. The van der Waals surface area contributed by atoms with Crippen molar-refractivity contribution in [3.63, 3.8) is 0 Å². The topological polar surface area (TPSA) is 38.8 Å². The minimum atomic E-state index is -0.534. The largest absolute Gasteiger partial charge is 0.452 e. The highest BCUT2D eigenvalue weighted by Gasteiger charge is 2.24. The van der Waals surface area contributed by atoms with Crippen LogP contribution in [0.3, 0.4) is 0 Å². The first-order chi connectivity index (χ1) is 9.69. The van der Waals surface area contributed by atoms with Crippen LogP contribution < -0.4 is 4.89 Å². The van der Waals surface area contributed by atoms with Crippen molar-refractivity contribution >= 4 is 6.09 Å². The van der Waals surface area contributed by atoms with Crippen LogP contribution in [0.15, 0.2) is 24.3 Å². The van der Waals surface area contributed by atoms with Gasteiger partial charge in [-0.25, -0.2) is 14.1 Å². The van der Waals surface area contributed by atoms with Crippen LogP contribution in [0.25, 0.3) is 0 Å². The van der Waals surface area contributed by atoms with Gasteiger partial charge in [-0.05, 0) is 43.0 Å². The second-order valence-corrected chi connectivity index (χ2v) is 4.73. The van der Waals surface area contributed by atoms with Gasteiger partial charge in [-0.15, -0.1) is 12.3 Å². The fraction of sp³-hybridized carbons (Fsp3) is 0.400. The number of likely N-dealkylation sites (tertiary alicyclic amines) is 1. The van der Waals surface area contributed by atoms with E-state index in [1.54, 1.807) is 4.90 Å². The Bertz CT molecular complexity index is 487. The number of terminal acetylenes is 1. The summed E-state index contributed by atoms with van der Waals surface area (Å²) < 4.78 is 12.7. The maximum Gasteiger partial charge on any atom is 0.452 e. The van der Waals surface area contributed by atoms with Gasteiger partial charge in [0.05, 0.1) is 0 Å². The Morgan fingerprint density at radius 3 is 2.60 bits per heavy atom. The minimum Gasteiger partial charge on any atom is -0.305 e. The molecule has 1 aliphatic heterocycles. The van der Waals surface area contributed by atoms with Gasteiger partial charge in [0.15, 0.2) is 5.75 Å². The molecule has 4 nitrogen and oxygen atoms in total. The maximum absolute atomic E-state index is 12.7. The molecule has 1 aliphatic rings. The molecule has 0 radical (unpaired) electrons. The van der Waals surface area contributed by atoms with E-state index in [0.29, 0.717) is 19.0 Å². The Balaban J connectivity index is 1.76. The van der Waals surface area contributed by atoms with Gasteiger partial charge in [0.2, 0.25) is 0 Å². The number of carbonyl (C=O) groups excluding carboxylic acids is 1. The third kappa shape index (κ3) is 3.89. The van der Waals surface area contributed by atoms with Crippen molar-refractivity contribution < 1.29 is 19.0 Å². The van der Waals surface area contributed by atoms with Crippen LogP contribution in [0.4, 0.5) is 9.18 Å². The van der Waals surface area contributed by atoms with Gasteiger partial charge in [-0.3, -0.25) is 4.89 Å². The van der Waals surface area contributed by atoms with E-state index in [0.717, 1.165) is 19.3 Å². The highest BCUT2D eigenvalue weighted by molar-refractivity contribution is 5.67. The molecule has 0 bridgehead atoms. The molecule has 1 aromatic carbocycles. The summed E-state index contributed by atoms with van der Waals surface area (Å²) >= 11 is 0. The normalized spacial score (nSPS) is 15.5. The standard InChI is InChI=1S/C15H16FNO3/c1-2-3-12-8-10-17(11-9-12)15(18)20-19-14-6-4-13(16)5-7-14/h1,4-7,12H,3,8-11H2. The van der Waals surface area contributed by atoms with E-state index in [2.05, 4.69) is 5.92 Å². The van der Waals surface area contributed by atoms with Crippen molar-refractivity contribution in [3.05, 3.63) is 30.1 Å². The molecule has 20 heavy (non-hydrogen) atoms. The summed E-state index contributed by atoms with van der Waals surface area (Å²) in [5.74, 6) is 3.02. The van der Waals surface area contributed by atoms with Crippen LogP contribution >= 0.6 is 0 Å². The Morgan fingerprint density at radius 2 is 2.00 bits per heavy atom. The lowest BCUT2D eigenvalue weighted by atomic mass is 9.94. The number of benzene rings is 1. The molecule has 106 valence electrons. The maximum atomic E-state index is 12.7. The van der Waals surface area contributed by atoms with Gasteiger partial charge in [-0.1, -0.05) is 0 Å². The number of piperidine rings is 1. The van der Waals surface area contributed by atoms with E-state index in [4.69, 9.17) is 16.2 Å². The predicted molar refractivity (Wildman–Crippen MR) is 71.3 cm³/mol. The third-order valence-corrected chi connectivity index (χ3v) is 3.30. The minimum absolute atomic E-state index is 0.280. The number of amides is 1. The van der Waals surface area contributed by atoms with Crippen LogP contribution in [0.5, 0.6) is 5.75 Å². The summed E-state index contributed by atoms with van der Waals surface area (Å²) in [7, 11) is 0. The Morgan fingerprint density at radius 1 is 1.35 bits per heavy atom. The highest BCUT2D eigenvalue weighted by Crippen LogP contribution is 2.20. The summed E-state index contributed by atoms with van der Waals surface area (Å²) in [5, 5.41) is 0.